The van der Waals surface area contributed by atoms with Crippen LogP contribution in [-0.4, -0.2) is 13.0 Å². The summed E-state index contributed by atoms with van der Waals surface area (Å²) in [5, 5.41) is 7.29. The first-order chi connectivity index (χ1) is 12.3. The van der Waals surface area contributed by atoms with E-state index in [4.69, 9.17) is 21.7 Å². The van der Waals surface area contributed by atoms with E-state index in [2.05, 4.69) is 13.0 Å². The highest BCUT2D eigenvalue weighted by atomic mass is 35.5. The molecule has 2 aromatic carbocycles. The molecule has 0 spiro atoms. The number of hydrogen-bond acceptors (Lipinski definition) is 4. The molecule has 3 rings (SSSR count). The summed E-state index contributed by atoms with van der Waals surface area (Å²) in [6, 6.07) is 12.8. The van der Waals surface area contributed by atoms with Crippen molar-refractivity contribution in [1.82, 2.24) is 4.57 Å². The number of primary sulfonamides is 1. The summed E-state index contributed by atoms with van der Waals surface area (Å²) in [6.45, 7) is 2.09. The fourth-order valence-electron chi connectivity index (χ4n) is 2.64. The summed E-state index contributed by atoms with van der Waals surface area (Å²) in [6.07, 6.45) is 0.899. The molecule has 0 aliphatic rings. The van der Waals surface area contributed by atoms with E-state index >= 15 is 0 Å². The second kappa shape index (κ2) is 7.36. The number of nitrogens with zero attached hydrogens (tertiary/aromatic N) is 2. The summed E-state index contributed by atoms with van der Waals surface area (Å²) >= 11 is 7.46. The molecule has 1 aromatic heterocycles. The molecule has 26 heavy (non-hydrogen) atoms. The maximum Gasteiger partial charge on any atom is 0.239 e. The van der Waals surface area contributed by atoms with E-state index in [0.29, 0.717) is 5.56 Å². The van der Waals surface area contributed by atoms with Crippen molar-refractivity contribution in [3.8, 4) is 11.3 Å². The third-order valence-electron chi connectivity index (χ3n) is 4.05. The van der Waals surface area contributed by atoms with Gasteiger partial charge in [-0.1, -0.05) is 42.8 Å². The molecule has 0 unspecified atom stereocenters. The zero-order chi connectivity index (χ0) is 18.9. The lowest BCUT2D eigenvalue weighted by Crippen LogP contribution is -2.14. The third kappa shape index (κ3) is 3.76. The van der Waals surface area contributed by atoms with Gasteiger partial charge in [-0.25, -0.2) is 18.5 Å². The summed E-state index contributed by atoms with van der Waals surface area (Å²) in [4.78, 5) is 5.49. The number of sulfonamides is 1. The minimum absolute atomic E-state index is 0.0855. The van der Waals surface area contributed by atoms with E-state index in [1.807, 2.05) is 35.2 Å². The molecule has 0 aliphatic carbocycles. The minimum Gasteiger partial charge on any atom is -0.320 e. The lowest BCUT2D eigenvalue weighted by atomic mass is 10.1. The van der Waals surface area contributed by atoms with Crippen molar-refractivity contribution in [2.75, 3.05) is 0 Å². The van der Waals surface area contributed by atoms with Crippen LogP contribution in [0.3, 0.4) is 0 Å². The molecule has 1 heterocycles. The Morgan fingerprint density at radius 3 is 2.65 bits per heavy atom. The molecule has 2 N–H and O–H groups in total. The van der Waals surface area contributed by atoms with Crippen LogP contribution in [0.4, 0.5) is 5.69 Å². The van der Waals surface area contributed by atoms with E-state index < -0.39 is 10.0 Å². The molecule has 0 fully saturated rings. The molecule has 0 bridgehead atoms. The molecule has 5 nitrogen and oxygen atoms in total. The Balaban J connectivity index is 2.12. The largest absolute Gasteiger partial charge is 0.320 e. The molecule has 136 valence electrons. The van der Waals surface area contributed by atoms with Gasteiger partial charge in [0.15, 0.2) is 4.80 Å². The summed E-state index contributed by atoms with van der Waals surface area (Å²) in [7, 11) is -2.00. The van der Waals surface area contributed by atoms with Gasteiger partial charge in [0.1, 0.15) is 4.90 Å². The van der Waals surface area contributed by atoms with E-state index in [1.165, 1.54) is 29.0 Å². The number of aryl methyl sites for hydroxylation is 1. The van der Waals surface area contributed by atoms with Gasteiger partial charge < -0.3 is 4.57 Å². The highest BCUT2D eigenvalue weighted by Crippen LogP contribution is 2.28. The van der Waals surface area contributed by atoms with Gasteiger partial charge in [-0.2, -0.15) is 0 Å². The Morgan fingerprint density at radius 1 is 1.23 bits per heavy atom. The molecule has 3 aromatic rings. The van der Waals surface area contributed by atoms with Crippen molar-refractivity contribution in [2.45, 2.75) is 18.2 Å². The Morgan fingerprint density at radius 2 is 1.96 bits per heavy atom. The summed E-state index contributed by atoms with van der Waals surface area (Å²) in [5.41, 5.74) is 3.65. The second-order valence-corrected chi connectivity index (χ2v) is 8.52. The first kappa shape index (κ1) is 18.8. The van der Waals surface area contributed by atoms with E-state index in [0.717, 1.165) is 22.6 Å². The number of benzene rings is 2. The highest BCUT2D eigenvalue weighted by Gasteiger charge is 2.15. The maximum atomic E-state index is 11.7. The number of halogens is 1. The van der Waals surface area contributed by atoms with Crippen LogP contribution in [0, 0.1) is 0 Å². The fraction of sp³-hybridized carbons (Fsp3) is 0.167. The quantitative estimate of drug-likeness (QED) is 0.712. The molecular formula is C18H18ClN3O2S2. The van der Waals surface area contributed by atoms with E-state index in [9.17, 15) is 8.42 Å². The van der Waals surface area contributed by atoms with Gasteiger partial charge in [-0.3, -0.25) is 0 Å². The van der Waals surface area contributed by atoms with Gasteiger partial charge in [0.05, 0.1) is 16.4 Å². The van der Waals surface area contributed by atoms with Crippen molar-refractivity contribution in [2.24, 2.45) is 17.2 Å². The molecule has 0 aliphatic heterocycles. The normalized spacial score (nSPS) is 12.5. The number of para-hydroxylation sites is 1. The van der Waals surface area contributed by atoms with Crippen molar-refractivity contribution in [1.29, 1.82) is 0 Å². The topological polar surface area (TPSA) is 77.4 Å². The third-order valence-corrected chi connectivity index (χ3v) is 6.36. The van der Waals surface area contributed by atoms with Crippen molar-refractivity contribution >= 4 is 38.6 Å². The van der Waals surface area contributed by atoms with Crippen LogP contribution in [-0.2, 0) is 23.5 Å². The van der Waals surface area contributed by atoms with Gasteiger partial charge in [-0.15, -0.1) is 11.3 Å². The van der Waals surface area contributed by atoms with Crippen LogP contribution in [0.2, 0.25) is 5.02 Å². The van der Waals surface area contributed by atoms with Crippen LogP contribution in [0.15, 0.2) is 57.7 Å². The Hall–Kier alpha value is -1.93. The standard InChI is InChI=1S/C18H18ClN3O2S2/c1-3-12-6-4-5-7-15(12)21-18-22(2)16(11-25-18)13-8-9-14(19)17(10-13)26(20,23)24/h4-11H,3H2,1-2H3,(H2,20,23,24)/b21-18+. The van der Waals surface area contributed by atoms with Crippen LogP contribution in [0.25, 0.3) is 11.3 Å². The lowest BCUT2D eigenvalue weighted by molar-refractivity contribution is 0.598. The molecule has 0 radical (unpaired) electrons. The van der Waals surface area contributed by atoms with Gasteiger partial charge in [0.2, 0.25) is 10.0 Å². The molecule has 0 atom stereocenters. The Bertz CT molecular complexity index is 1130. The lowest BCUT2D eigenvalue weighted by Gasteiger charge is -2.07. The van der Waals surface area contributed by atoms with E-state index in [-0.39, 0.29) is 9.92 Å². The molecule has 8 heteroatoms. The van der Waals surface area contributed by atoms with Crippen LogP contribution in [0.5, 0.6) is 0 Å². The second-order valence-electron chi connectivity index (χ2n) is 5.75. The Labute approximate surface area is 161 Å². The highest BCUT2D eigenvalue weighted by molar-refractivity contribution is 7.89. The van der Waals surface area contributed by atoms with Crippen LogP contribution in [0.1, 0.15) is 12.5 Å². The predicted molar refractivity (Wildman–Crippen MR) is 106 cm³/mol. The Kier molecular flexibility index (Phi) is 5.34. The molecule has 0 amide bonds. The molecule has 0 saturated carbocycles. The number of thiazole rings is 1. The molecular weight excluding hydrogens is 390 g/mol. The average Bonchev–Trinajstić information content (AvgIpc) is 2.95. The smallest absolute Gasteiger partial charge is 0.239 e. The zero-order valence-electron chi connectivity index (χ0n) is 14.3. The maximum absolute atomic E-state index is 11.7. The predicted octanol–water partition coefficient (Wildman–Crippen LogP) is 3.85. The average molecular weight is 408 g/mol. The first-order valence-corrected chi connectivity index (χ1v) is 10.7. The van der Waals surface area contributed by atoms with Crippen LogP contribution < -0.4 is 9.94 Å². The SMILES string of the molecule is CCc1ccccc1/N=c1/scc(-c2ccc(Cl)c(S(N)(=O)=O)c2)n1C. The van der Waals surface area contributed by atoms with Crippen molar-refractivity contribution < 1.29 is 8.42 Å². The van der Waals surface area contributed by atoms with E-state index in [1.54, 1.807) is 6.07 Å². The number of aromatic nitrogens is 1. The number of rotatable bonds is 4. The number of nitrogens with two attached hydrogens (primary N) is 1. The number of hydrogen-bond donors (Lipinski definition) is 1. The van der Waals surface area contributed by atoms with Gasteiger partial charge in [-0.05, 0) is 30.2 Å². The zero-order valence-corrected chi connectivity index (χ0v) is 16.7. The van der Waals surface area contributed by atoms with Crippen molar-refractivity contribution in [3.05, 3.63) is 63.2 Å². The first-order valence-electron chi connectivity index (χ1n) is 7.91. The van der Waals surface area contributed by atoms with Gasteiger partial charge in [0.25, 0.3) is 0 Å². The van der Waals surface area contributed by atoms with Gasteiger partial charge >= 0.3 is 0 Å². The minimum atomic E-state index is -3.89. The summed E-state index contributed by atoms with van der Waals surface area (Å²) < 4.78 is 25.3. The summed E-state index contributed by atoms with van der Waals surface area (Å²) in [5.74, 6) is 0. The monoisotopic (exact) mass is 407 g/mol. The van der Waals surface area contributed by atoms with Crippen molar-refractivity contribution in [3.63, 3.8) is 0 Å². The van der Waals surface area contributed by atoms with Gasteiger partial charge in [0, 0.05) is 18.0 Å². The molecule has 0 saturated heterocycles. The van der Waals surface area contributed by atoms with Crippen LogP contribution >= 0.6 is 22.9 Å². The fourth-order valence-corrected chi connectivity index (χ4v) is 4.63.